The molecule has 1 aromatic carbocycles. The third-order valence-corrected chi connectivity index (χ3v) is 3.95. The Balaban J connectivity index is 1.97. The summed E-state index contributed by atoms with van der Waals surface area (Å²) in [6.45, 7) is 9.20. The zero-order valence-corrected chi connectivity index (χ0v) is 13.2. The van der Waals surface area contributed by atoms with Gasteiger partial charge in [-0.25, -0.2) is 4.39 Å². The average molecular weight is 294 g/mol. The number of likely N-dealkylation sites (tertiary alicyclic amines) is 1. The highest BCUT2D eigenvalue weighted by Crippen LogP contribution is 2.18. The van der Waals surface area contributed by atoms with Gasteiger partial charge in [-0.05, 0) is 44.5 Å². The summed E-state index contributed by atoms with van der Waals surface area (Å²) in [7, 11) is 0. The maximum atomic E-state index is 14.0. The molecule has 2 rings (SSSR count). The fraction of sp³-hybridized carbons (Fsp3) is 0.647. The molecule has 118 valence electrons. The monoisotopic (exact) mass is 294 g/mol. The third-order valence-electron chi connectivity index (χ3n) is 3.95. The summed E-state index contributed by atoms with van der Waals surface area (Å²) < 4.78 is 19.7. The van der Waals surface area contributed by atoms with Gasteiger partial charge in [0, 0.05) is 31.8 Å². The molecule has 1 unspecified atom stereocenters. The van der Waals surface area contributed by atoms with Gasteiger partial charge in [0.05, 0.1) is 6.10 Å². The number of ether oxygens (including phenoxy) is 1. The van der Waals surface area contributed by atoms with Gasteiger partial charge in [-0.3, -0.25) is 4.90 Å². The van der Waals surface area contributed by atoms with Crippen LogP contribution in [0.15, 0.2) is 18.2 Å². The standard InChI is InChI=1S/C17H27FN2O/c1-3-19-11-14-7-8-17(18)15(10-14)12-20-9-5-6-16(13-20)21-4-2/h7-8,10,16,19H,3-6,9,11-13H2,1-2H3. The molecule has 1 aliphatic rings. The van der Waals surface area contributed by atoms with E-state index in [2.05, 4.69) is 17.1 Å². The lowest BCUT2D eigenvalue weighted by Crippen LogP contribution is -2.39. The van der Waals surface area contributed by atoms with E-state index in [0.717, 1.165) is 56.8 Å². The van der Waals surface area contributed by atoms with Gasteiger partial charge in [-0.15, -0.1) is 0 Å². The molecule has 0 saturated carbocycles. The van der Waals surface area contributed by atoms with Crippen molar-refractivity contribution in [2.45, 2.75) is 45.9 Å². The molecular formula is C17H27FN2O. The van der Waals surface area contributed by atoms with Crippen LogP contribution in [0.4, 0.5) is 4.39 Å². The van der Waals surface area contributed by atoms with Crippen molar-refractivity contribution in [3.63, 3.8) is 0 Å². The molecule has 1 saturated heterocycles. The SMILES string of the molecule is CCNCc1ccc(F)c(CN2CCCC(OCC)C2)c1. The second-order valence-corrected chi connectivity index (χ2v) is 5.66. The predicted molar refractivity (Wildman–Crippen MR) is 83.7 cm³/mol. The Morgan fingerprint density at radius 1 is 1.38 bits per heavy atom. The zero-order chi connectivity index (χ0) is 15.1. The summed E-state index contributed by atoms with van der Waals surface area (Å²) in [6.07, 6.45) is 2.55. The van der Waals surface area contributed by atoms with Crippen molar-refractivity contribution in [1.29, 1.82) is 0 Å². The van der Waals surface area contributed by atoms with E-state index in [1.54, 1.807) is 6.07 Å². The Kier molecular flexibility index (Phi) is 6.61. The Morgan fingerprint density at radius 2 is 2.24 bits per heavy atom. The molecule has 1 N–H and O–H groups in total. The molecular weight excluding hydrogens is 267 g/mol. The van der Waals surface area contributed by atoms with Gasteiger partial charge in [0.25, 0.3) is 0 Å². The van der Waals surface area contributed by atoms with Crippen LogP contribution in [0, 0.1) is 5.82 Å². The largest absolute Gasteiger partial charge is 0.377 e. The van der Waals surface area contributed by atoms with Crippen LogP contribution < -0.4 is 5.32 Å². The minimum atomic E-state index is -0.103. The van der Waals surface area contributed by atoms with Gasteiger partial charge >= 0.3 is 0 Å². The first-order valence-electron chi connectivity index (χ1n) is 8.05. The number of halogens is 1. The average Bonchev–Trinajstić information content (AvgIpc) is 2.49. The highest BCUT2D eigenvalue weighted by molar-refractivity contribution is 5.25. The van der Waals surface area contributed by atoms with Crippen molar-refractivity contribution in [2.75, 3.05) is 26.2 Å². The Labute approximate surface area is 127 Å². The summed E-state index contributed by atoms with van der Waals surface area (Å²) >= 11 is 0. The number of hydrogen-bond donors (Lipinski definition) is 1. The van der Waals surface area contributed by atoms with E-state index in [9.17, 15) is 4.39 Å². The fourth-order valence-electron chi connectivity index (χ4n) is 2.90. The topological polar surface area (TPSA) is 24.5 Å². The van der Waals surface area contributed by atoms with E-state index in [1.807, 2.05) is 19.1 Å². The second kappa shape index (κ2) is 8.47. The van der Waals surface area contributed by atoms with Crippen LogP contribution in [0.2, 0.25) is 0 Å². The van der Waals surface area contributed by atoms with Gasteiger partial charge in [-0.1, -0.05) is 19.1 Å². The Bertz CT molecular complexity index is 437. The summed E-state index contributed by atoms with van der Waals surface area (Å²) in [5.74, 6) is -0.103. The van der Waals surface area contributed by atoms with Crippen molar-refractivity contribution < 1.29 is 9.13 Å². The highest BCUT2D eigenvalue weighted by atomic mass is 19.1. The lowest BCUT2D eigenvalue weighted by Gasteiger charge is -2.32. The zero-order valence-electron chi connectivity index (χ0n) is 13.2. The molecule has 4 heteroatoms. The molecule has 1 aromatic rings. The lowest BCUT2D eigenvalue weighted by molar-refractivity contribution is 0.00336. The number of rotatable bonds is 7. The van der Waals surface area contributed by atoms with Crippen molar-refractivity contribution >= 4 is 0 Å². The summed E-state index contributed by atoms with van der Waals surface area (Å²) in [4.78, 5) is 2.30. The van der Waals surface area contributed by atoms with E-state index in [-0.39, 0.29) is 5.82 Å². The molecule has 21 heavy (non-hydrogen) atoms. The van der Waals surface area contributed by atoms with Crippen LogP contribution in [-0.2, 0) is 17.8 Å². The molecule has 1 heterocycles. The van der Waals surface area contributed by atoms with Gasteiger partial charge in [0.15, 0.2) is 0 Å². The normalized spacial score (nSPS) is 19.9. The molecule has 1 aliphatic heterocycles. The van der Waals surface area contributed by atoms with Gasteiger partial charge < -0.3 is 10.1 Å². The van der Waals surface area contributed by atoms with E-state index in [4.69, 9.17) is 4.74 Å². The van der Waals surface area contributed by atoms with E-state index in [0.29, 0.717) is 12.6 Å². The molecule has 3 nitrogen and oxygen atoms in total. The van der Waals surface area contributed by atoms with Crippen molar-refractivity contribution in [1.82, 2.24) is 10.2 Å². The smallest absolute Gasteiger partial charge is 0.127 e. The molecule has 0 radical (unpaired) electrons. The minimum Gasteiger partial charge on any atom is -0.377 e. The molecule has 1 fully saturated rings. The lowest BCUT2D eigenvalue weighted by atomic mass is 10.1. The summed E-state index contributed by atoms with van der Waals surface area (Å²) in [6, 6.07) is 5.44. The fourth-order valence-corrected chi connectivity index (χ4v) is 2.90. The second-order valence-electron chi connectivity index (χ2n) is 5.66. The maximum Gasteiger partial charge on any atom is 0.127 e. The molecule has 0 amide bonds. The molecule has 0 spiro atoms. The van der Waals surface area contributed by atoms with Gasteiger partial charge in [0.1, 0.15) is 5.82 Å². The van der Waals surface area contributed by atoms with Crippen LogP contribution in [-0.4, -0.2) is 37.2 Å². The summed E-state index contributed by atoms with van der Waals surface area (Å²) in [5.41, 5.74) is 1.94. The van der Waals surface area contributed by atoms with E-state index in [1.165, 1.54) is 0 Å². The van der Waals surface area contributed by atoms with Crippen molar-refractivity contribution in [2.24, 2.45) is 0 Å². The molecule has 0 aromatic heterocycles. The van der Waals surface area contributed by atoms with Gasteiger partial charge in [-0.2, -0.15) is 0 Å². The Hall–Kier alpha value is -0.970. The van der Waals surface area contributed by atoms with Crippen LogP contribution in [0.5, 0.6) is 0 Å². The van der Waals surface area contributed by atoms with E-state index < -0.39 is 0 Å². The van der Waals surface area contributed by atoms with Crippen molar-refractivity contribution in [3.8, 4) is 0 Å². The molecule has 0 bridgehead atoms. The van der Waals surface area contributed by atoms with Crippen molar-refractivity contribution in [3.05, 3.63) is 35.1 Å². The van der Waals surface area contributed by atoms with Crippen LogP contribution >= 0.6 is 0 Å². The number of nitrogens with one attached hydrogen (secondary N) is 1. The number of hydrogen-bond acceptors (Lipinski definition) is 3. The third kappa shape index (κ3) is 5.06. The number of nitrogens with zero attached hydrogens (tertiary/aromatic N) is 1. The number of piperidine rings is 1. The molecule has 1 atom stereocenters. The first-order chi connectivity index (χ1) is 10.2. The summed E-state index contributed by atoms with van der Waals surface area (Å²) in [5, 5.41) is 3.28. The quantitative estimate of drug-likeness (QED) is 0.837. The maximum absolute atomic E-state index is 14.0. The van der Waals surface area contributed by atoms with Crippen LogP contribution in [0.25, 0.3) is 0 Å². The van der Waals surface area contributed by atoms with E-state index >= 15 is 0 Å². The number of benzene rings is 1. The minimum absolute atomic E-state index is 0.103. The van der Waals surface area contributed by atoms with Gasteiger partial charge in [0.2, 0.25) is 0 Å². The molecule has 0 aliphatic carbocycles. The first-order valence-corrected chi connectivity index (χ1v) is 8.05. The predicted octanol–water partition coefficient (Wildman–Crippen LogP) is 2.94. The Morgan fingerprint density at radius 3 is 3.00 bits per heavy atom. The highest BCUT2D eigenvalue weighted by Gasteiger charge is 2.20. The van der Waals surface area contributed by atoms with Crippen LogP contribution in [0.3, 0.4) is 0 Å². The van der Waals surface area contributed by atoms with Crippen LogP contribution in [0.1, 0.15) is 37.8 Å². The first kappa shape index (κ1) is 16.4.